The highest BCUT2D eigenvalue weighted by Gasteiger charge is 2.26. The summed E-state index contributed by atoms with van der Waals surface area (Å²) >= 11 is 3.57. The first-order valence-corrected chi connectivity index (χ1v) is 34.6. The van der Waals surface area contributed by atoms with Gasteiger partial charge in [0, 0.05) is 182 Å². The molecule has 101 heavy (non-hydrogen) atoms. The molecule has 0 saturated carbocycles. The monoisotopic (exact) mass is 1540 g/mol. The molecule has 3 aromatic carbocycles. The van der Waals surface area contributed by atoms with Crippen LogP contribution in [0.5, 0.6) is 0 Å². The maximum Gasteiger partial charge on any atom is 0.230 e. The molecule has 3 aliphatic rings. The van der Waals surface area contributed by atoms with Crippen molar-refractivity contribution in [1.29, 1.82) is 0 Å². The standard InChI is InChI=1S/C23H26N8O.C22H25N9O.C21H23BrN8.C5H10O.CH4.27H2/c1-16-8-12-29(13-9-16)23-27-21-19(17(2)32)15-26-31(21)22(28-23)24-14-18-6-3-4-7-20(18)30-11-5-10-25-30;1-15(32)18-14-26-31-20(18)27-22(29-11-7-17(23)8-12-29)28-21(31)24-13-16-5-2-3-6-19(16)30-10-4-9-25-30;1-15-7-11-28(12-8-15)21-26-19-17(22)14-25-30(19)20(27-21)23-13-16-5-2-3-6-18(16)29-10-4-9-24-29;1-4-6-5(2)3;;;;;;;;;;;;;;;;;;;;;;;;;;;;/h3-7,10-11,15-16H,8-9,12-14H2,1-2H3,(H,24,27,28);2-6,9-10,14,17H,7-8,11-13,23H2,1H3,(H,24,27,28);2-6,9-10,14-15H,7-8,11-13H2,1H3,(H,23,26,27);2,4H2,1,3H3;1H4;27*1H/i;;;;;27*1+1D. The number of benzene rings is 3. The Bertz CT molecular complexity index is 4640. The Kier molecular flexibility index (Phi) is 14.6. The van der Waals surface area contributed by atoms with E-state index in [9.17, 15) is 9.59 Å². The summed E-state index contributed by atoms with van der Waals surface area (Å²) in [5.41, 5.74) is 15.1. The molecule has 0 radical (unpaired) electrons. The summed E-state index contributed by atoms with van der Waals surface area (Å²) in [5.74, 6) is 5.83. The van der Waals surface area contributed by atoms with Crippen LogP contribution in [0.2, 0.25) is 0 Å². The first kappa shape index (κ1) is 44.2. The van der Waals surface area contributed by atoms with Gasteiger partial charge in [0.05, 0.1) is 63.6 Å². The lowest BCUT2D eigenvalue weighted by molar-refractivity contribution is 0.101. The number of carbonyl (C=O) groups excluding carboxylic acids is 2. The van der Waals surface area contributed by atoms with Crippen molar-refractivity contribution in [2.24, 2.45) is 17.6 Å². The fourth-order valence-electron chi connectivity index (χ4n) is 12.0. The number of ketones is 2. The maximum atomic E-state index is 12.2. The van der Waals surface area contributed by atoms with Crippen LogP contribution >= 0.6 is 15.9 Å². The number of allylic oxidation sites excluding steroid dienone is 1. The average molecular weight is 1540 g/mol. The zero-order chi connectivity index (χ0) is 124. The minimum Gasteiger partial charge on any atom is -0.499 e. The second kappa shape index (κ2) is 33.3. The van der Waals surface area contributed by atoms with Gasteiger partial charge in [-0.1, -0.05) is 82.5 Å². The lowest BCUT2D eigenvalue weighted by Gasteiger charge is -2.30. The van der Waals surface area contributed by atoms with Gasteiger partial charge in [0.2, 0.25) is 35.7 Å². The molecule has 5 N–H and O–H groups in total. The number of carbonyl (C=O) groups is 2. The van der Waals surface area contributed by atoms with E-state index >= 15 is 0 Å². The van der Waals surface area contributed by atoms with E-state index in [0.717, 1.165) is 146 Å². The molecular formula is C72H142BrN25O3. The molecule has 12 aromatic rings. The normalized spacial score (nSPS) is 16.4. The highest BCUT2D eigenvalue weighted by atomic mass is 79.9. The Balaban J connectivity index is -0.0000000982. The lowest BCUT2D eigenvalue weighted by atomic mass is 10.00. The zero-order valence-corrected chi connectivity index (χ0v) is 58.8. The number of aromatic nitrogens is 18. The fraction of sp³-hybridized carbons (Fsp3) is 0.361. The number of nitrogens with two attached hydrogens (primary N) is 1. The van der Waals surface area contributed by atoms with Crippen LogP contribution < -0.4 is 36.4 Å². The van der Waals surface area contributed by atoms with E-state index in [2.05, 4.69) is 121 Å². The fourth-order valence-corrected chi connectivity index (χ4v) is 12.4. The first-order chi connectivity index (χ1) is 75.7. The van der Waals surface area contributed by atoms with E-state index in [1.54, 1.807) is 50.7 Å². The molecule has 0 atom stereocenters. The highest BCUT2D eigenvalue weighted by Crippen LogP contribution is 2.29. The number of Topliss-reactive ketones (excluding diaryl/α,β-unsaturated/α-hetero) is 2. The maximum absolute atomic E-state index is 12.2. The molecule has 15 rings (SSSR count). The third-order valence-electron chi connectivity index (χ3n) is 17.7. The number of rotatable bonds is 19. The van der Waals surface area contributed by atoms with Crippen LogP contribution in [-0.4, -0.2) is 152 Å². The van der Waals surface area contributed by atoms with Crippen LogP contribution in [0.15, 0.2) is 164 Å². The van der Waals surface area contributed by atoms with Crippen LogP contribution in [0, 0.1) is 11.8 Å². The summed E-state index contributed by atoms with van der Waals surface area (Å²) in [5, 5.41) is 36.6. The molecule has 0 bridgehead atoms. The van der Waals surface area contributed by atoms with Crippen LogP contribution in [0.1, 0.15) is 205 Å². The molecule has 3 saturated heterocycles. The molecular weight excluding hydrogens is 1340 g/mol. The van der Waals surface area contributed by atoms with Gasteiger partial charge in [0.25, 0.3) is 0 Å². The van der Waals surface area contributed by atoms with E-state index in [-0.39, 0.29) is 25.0 Å². The van der Waals surface area contributed by atoms with Crippen molar-refractivity contribution in [2.75, 3.05) is 76.5 Å². The smallest absolute Gasteiger partial charge is 0.230 e. The minimum atomic E-state index is -0.0831. The van der Waals surface area contributed by atoms with E-state index in [1.165, 1.54) is 13.8 Å². The average Bonchev–Trinajstić information content (AvgIpc) is 1.65. The molecule has 0 aliphatic carbocycles. The third kappa shape index (κ3) is 17.2. The van der Waals surface area contributed by atoms with Crippen molar-refractivity contribution in [3.8, 4) is 17.1 Å². The molecule has 12 heterocycles. The van der Waals surface area contributed by atoms with Crippen molar-refractivity contribution in [3.05, 3.63) is 191 Å². The number of piperidine rings is 3. The summed E-state index contributed by atoms with van der Waals surface area (Å²) in [7, 11) is 0. The number of halogens is 1. The third-order valence-corrected chi connectivity index (χ3v) is 18.2. The second-order valence-electron chi connectivity index (χ2n) is 25.1. The summed E-state index contributed by atoms with van der Waals surface area (Å²) in [6.07, 6.45) is 22.2. The Hall–Kier alpha value is -10.9. The number of hydrogen-bond acceptors (Lipinski definition) is 22. The van der Waals surface area contributed by atoms with Gasteiger partial charge in [-0.3, -0.25) is 9.59 Å². The quantitative estimate of drug-likeness (QED) is 0.0432. The summed E-state index contributed by atoms with van der Waals surface area (Å²) in [4.78, 5) is 59.4. The molecule has 0 amide bonds. The summed E-state index contributed by atoms with van der Waals surface area (Å²) < 4.78 is 286. The highest BCUT2D eigenvalue weighted by molar-refractivity contribution is 9.10. The van der Waals surface area contributed by atoms with Crippen LogP contribution in [-0.2, 0) is 24.4 Å². The molecule has 28 nitrogen and oxygen atoms in total. The Morgan fingerprint density at radius 1 is 0.515 bits per heavy atom. The van der Waals surface area contributed by atoms with Gasteiger partial charge in [0.15, 0.2) is 28.5 Å². The molecule has 0 spiro atoms. The molecule has 580 valence electrons. The van der Waals surface area contributed by atoms with Gasteiger partial charge < -0.3 is 41.1 Å². The number of nitrogens with zero attached hydrogens (tertiary/aromatic N) is 21. The van der Waals surface area contributed by atoms with Crippen molar-refractivity contribution in [3.63, 3.8) is 0 Å². The number of fused-ring (bicyclic) bond motifs is 3. The predicted octanol–water partition coefficient (Wildman–Crippen LogP) is 18.2. The number of para-hydroxylation sites is 3. The Morgan fingerprint density at radius 3 is 1.18 bits per heavy atom. The van der Waals surface area contributed by atoms with Gasteiger partial charge >= 0.3 is 0 Å². The second-order valence-corrected chi connectivity index (χ2v) is 25.9. The number of anilines is 6. The lowest BCUT2D eigenvalue weighted by Crippen LogP contribution is -2.40. The van der Waals surface area contributed by atoms with Gasteiger partial charge in [-0.25, -0.2) is 14.0 Å². The van der Waals surface area contributed by atoms with E-state index < -0.39 is 0 Å². The van der Waals surface area contributed by atoms with Gasteiger partial charge in [0.1, 0.15) is 0 Å². The molecule has 9 aromatic heterocycles. The first-order valence-electron chi connectivity index (χ1n) is 60.8. The van der Waals surface area contributed by atoms with Crippen LogP contribution in [0.4, 0.5) is 35.7 Å². The zero-order valence-electron chi connectivity index (χ0n) is 111. The Labute approximate surface area is 678 Å². The predicted molar refractivity (Wildman–Crippen MR) is 454 cm³/mol. The van der Waals surface area contributed by atoms with Crippen LogP contribution in [0.25, 0.3) is 34.0 Å². The topological polar surface area (TPSA) is 298 Å². The molecule has 29 heteroatoms. The number of nitrogens with one attached hydrogen (secondary N) is 3. The molecule has 3 fully saturated rings. The molecule has 3 aliphatic heterocycles. The van der Waals surface area contributed by atoms with E-state index in [4.69, 9.17) is 116 Å². The summed E-state index contributed by atoms with van der Waals surface area (Å²) in [6, 6.07) is 30.2. The van der Waals surface area contributed by atoms with Crippen molar-refractivity contribution in [2.45, 2.75) is 113 Å². The van der Waals surface area contributed by atoms with Gasteiger partial charge in [-0.05, 0) is 147 Å². The largest absolute Gasteiger partial charge is 0.499 e. The SMILES string of the molecule is C.C=C(C)OCC.CC(=O)c1cnn2c(NCc3ccccc3-n3cccn3)nc(N3CCC(C)CC3)nc12.CC(=O)c1cnn2c(NCc3ccccc3-n3cccn3)nc(N3CCC(N)CC3)nc12.CC1CCN(c2nc(NCc3ccccc3-n3cccn3)n3ncc(Br)c3n2)CC1.[2H][2H].[2H][2H].[2H][2H].[2H][2H].[2H][2H].[2H][2H].[2H][2H].[2H][2H].[2H][2H].[2H][2H].[2H][2H].[2H][2H].[2H][2H].[2H][2H].[2H][2H].[2H][2H].[2H][2H].[2H][2H].[2H][2H].[2H][2H].[2H][2H].[2H][2H].[2H][2H].[2H][2H].[2H][2H].[2H][2H].[2H][2H]. The Morgan fingerprint density at radius 2 is 0.851 bits per heavy atom. The molecule has 0 unspecified atom stereocenters. The van der Waals surface area contributed by atoms with Crippen molar-refractivity contribution in [1.82, 2.24) is 88.1 Å². The number of ether oxygens (including phenoxy) is 1. The minimum absolute atomic E-state index is 0. The number of hydrogen-bond donors (Lipinski definition) is 4. The van der Waals surface area contributed by atoms with E-state index in [0.29, 0.717) is 77.7 Å². The van der Waals surface area contributed by atoms with Gasteiger partial charge in [-0.2, -0.15) is 74.0 Å². The van der Waals surface area contributed by atoms with Crippen LogP contribution in [0.3, 0.4) is 0 Å². The van der Waals surface area contributed by atoms with Crippen molar-refractivity contribution >= 4 is 80.1 Å². The van der Waals surface area contributed by atoms with E-state index in [1.807, 2.05) is 119 Å². The summed E-state index contributed by atoms with van der Waals surface area (Å²) in [6.45, 7) is 22.6. The van der Waals surface area contributed by atoms with Gasteiger partial charge in [-0.15, -0.1) is 0 Å². The van der Waals surface area contributed by atoms with Crippen molar-refractivity contribution < 1.29 is 94.5 Å².